The number of hydrogen-bond donors (Lipinski definition) is 2. The van der Waals surface area contributed by atoms with Gasteiger partial charge in [-0.2, -0.15) is 18.4 Å². The lowest BCUT2D eigenvalue weighted by molar-refractivity contribution is -0.126. The predicted molar refractivity (Wildman–Crippen MR) is 173 cm³/mol. The van der Waals surface area contributed by atoms with Gasteiger partial charge in [-0.25, -0.2) is 9.97 Å². The monoisotopic (exact) mass is 646 g/mol. The van der Waals surface area contributed by atoms with Crippen LogP contribution in [0, 0.1) is 18.3 Å². The highest BCUT2D eigenvalue weighted by Gasteiger charge is 2.29. The molecule has 238 valence electrons. The standard InChI is InChI=1S/C33H33F3N8OS/c1-3-30(45)41-43-12-6-22(18-43)7-13-44-25(17-37)14-27-21(2)23(4-5-29(27)44)19-42-10-8-24(9-11-42)40-31-28-15-26(16-33(34,35)36)46-32(28)39-20-38-31/h3-6,12,14-15,18,20,24H,1,7-11,13,16,19H2,2H3,(H,41,45)(H,38,39,40). The highest BCUT2D eigenvalue weighted by Crippen LogP contribution is 2.33. The van der Waals surface area contributed by atoms with Crippen molar-refractivity contribution in [3.63, 3.8) is 0 Å². The Morgan fingerprint density at radius 1 is 1.20 bits per heavy atom. The predicted octanol–water partition coefficient (Wildman–Crippen LogP) is 6.31. The molecule has 5 heterocycles. The first-order valence-electron chi connectivity index (χ1n) is 15.0. The number of amides is 1. The van der Waals surface area contributed by atoms with Crippen LogP contribution in [0.2, 0.25) is 0 Å². The van der Waals surface area contributed by atoms with Gasteiger partial charge in [-0.3, -0.25) is 19.8 Å². The number of anilines is 1. The number of rotatable bonds is 10. The number of likely N-dealkylation sites (tertiary alicyclic amines) is 1. The third-order valence-electron chi connectivity index (χ3n) is 8.46. The van der Waals surface area contributed by atoms with Gasteiger partial charge >= 0.3 is 6.18 Å². The van der Waals surface area contributed by atoms with Crippen molar-refractivity contribution in [3.8, 4) is 6.07 Å². The molecule has 2 N–H and O–H groups in total. The second-order valence-corrected chi connectivity index (χ2v) is 12.7. The van der Waals surface area contributed by atoms with Crippen molar-refractivity contribution >= 4 is 44.2 Å². The number of halogens is 3. The maximum absolute atomic E-state index is 12.9. The summed E-state index contributed by atoms with van der Waals surface area (Å²) in [5, 5.41) is 15.1. The Balaban J connectivity index is 1.08. The Morgan fingerprint density at radius 3 is 2.74 bits per heavy atom. The highest BCUT2D eigenvalue weighted by atomic mass is 32.1. The van der Waals surface area contributed by atoms with Crippen molar-refractivity contribution in [3.05, 3.63) is 89.0 Å². The third kappa shape index (κ3) is 6.93. The second-order valence-electron chi connectivity index (χ2n) is 11.6. The molecular weight excluding hydrogens is 613 g/mol. The Hall–Kier alpha value is -4.67. The highest BCUT2D eigenvalue weighted by molar-refractivity contribution is 7.18. The van der Waals surface area contributed by atoms with E-state index in [4.69, 9.17) is 0 Å². The van der Waals surface area contributed by atoms with Gasteiger partial charge in [0.15, 0.2) is 0 Å². The van der Waals surface area contributed by atoms with Crippen molar-refractivity contribution in [1.29, 1.82) is 5.26 Å². The molecule has 0 unspecified atom stereocenters. The average Bonchev–Trinajstić information content (AvgIpc) is 3.74. The van der Waals surface area contributed by atoms with Crippen LogP contribution in [0.5, 0.6) is 0 Å². The topological polar surface area (TPSA) is 104 Å². The first-order chi connectivity index (χ1) is 22.1. The smallest absolute Gasteiger partial charge is 0.367 e. The molecule has 0 aliphatic carbocycles. The minimum absolute atomic E-state index is 0.159. The van der Waals surface area contributed by atoms with Crippen LogP contribution in [0.1, 0.15) is 40.1 Å². The summed E-state index contributed by atoms with van der Waals surface area (Å²) in [6, 6.07) is 12.2. The zero-order valence-corrected chi connectivity index (χ0v) is 26.1. The number of nitrogens with zero attached hydrogens (tertiary/aromatic N) is 6. The Labute approximate surface area is 267 Å². The number of nitrogens with one attached hydrogen (secondary N) is 2. The summed E-state index contributed by atoms with van der Waals surface area (Å²) >= 11 is 1.06. The first kappa shape index (κ1) is 31.3. The summed E-state index contributed by atoms with van der Waals surface area (Å²) in [6.45, 7) is 8.71. The van der Waals surface area contributed by atoms with Crippen LogP contribution in [0.25, 0.3) is 21.1 Å². The summed E-state index contributed by atoms with van der Waals surface area (Å²) in [5.41, 5.74) is 7.71. The van der Waals surface area contributed by atoms with Gasteiger partial charge in [0.1, 0.15) is 28.7 Å². The lowest BCUT2D eigenvalue weighted by Gasteiger charge is -2.33. The van der Waals surface area contributed by atoms with Gasteiger partial charge in [0, 0.05) is 60.4 Å². The fourth-order valence-electron chi connectivity index (χ4n) is 6.07. The molecule has 1 saturated heterocycles. The summed E-state index contributed by atoms with van der Waals surface area (Å²) in [5.74, 6) is 0.299. The van der Waals surface area contributed by atoms with Crippen LogP contribution < -0.4 is 10.7 Å². The number of piperidine rings is 1. The van der Waals surface area contributed by atoms with Gasteiger partial charge in [0.05, 0.1) is 11.8 Å². The first-order valence-corrected chi connectivity index (χ1v) is 15.8. The number of alkyl halides is 3. The van der Waals surface area contributed by atoms with E-state index in [0.717, 1.165) is 65.8 Å². The number of fused-ring (bicyclic) bond motifs is 2. The summed E-state index contributed by atoms with van der Waals surface area (Å²) in [7, 11) is 0. The van der Waals surface area contributed by atoms with E-state index in [1.54, 1.807) is 16.9 Å². The molecule has 0 radical (unpaired) electrons. The third-order valence-corrected chi connectivity index (χ3v) is 9.50. The minimum Gasteiger partial charge on any atom is -0.367 e. The number of aryl methyl sites for hydroxylation is 3. The maximum Gasteiger partial charge on any atom is 0.393 e. The molecule has 1 aliphatic rings. The molecule has 6 rings (SSSR count). The number of thiophene rings is 1. The molecule has 0 saturated carbocycles. The molecule has 5 aromatic rings. The van der Waals surface area contributed by atoms with Crippen molar-refractivity contribution in [2.24, 2.45) is 0 Å². The van der Waals surface area contributed by atoms with Crippen LogP contribution in [0.4, 0.5) is 19.0 Å². The van der Waals surface area contributed by atoms with E-state index in [2.05, 4.69) is 57.3 Å². The number of carbonyl (C=O) groups is 1. The fourth-order valence-corrected chi connectivity index (χ4v) is 7.10. The van der Waals surface area contributed by atoms with Crippen LogP contribution >= 0.6 is 11.3 Å². The molecule has 13 heteroatoms. The van der Waals surface area contributed by atoms with E-state index in [-0.39, 0.29) is 16.8 Å². The molecule has 1 aliphatic heterocycles. The lowest BCUT2D eigenvalue weighted by Crippen LogP contribution is -2.39. The zero-order valence-electron chi connectivity index (χ0n) is 25.3. The van der Waals surface area contributed by atoms with Crippen LogP contribution in [0.3, 0.4) is 0 Å². The molecule has 46 heavy (non-hydrogen) atoms. The number of aromatic nitrogens is 4. The van der Waals surface area contributed by atoms with Crippen molar-refractivity contribution in [1.82, 2.24) is 24.1 Å². The van der Waals surface area contributed by atoms with Crippen molar-refractivity contribution in [2.75, 3.05) is 23.8 Å². The van der Waals surface area contributed by atoms with Crippen LogP contribution in [-0.2, 0) is 30.7 Å². The van der Waals surface area contributed by atoms with Gasteiger partial charge in [0.2, 0.25) is 0 Å². The van der Waals surface area contributed by atoms with Gasteiger partial charge in [-0.05, 0) is 73.2 Å². The molecule has 1 aromatic carbocycles. The quantitative estimate of drug-likeness (QED) is 0.173. The van der Waals surface area contributed by atoms with Crippen LogP contribution in [0.15, 0.2) is 61.7 Å². The van der Waals surface area contributed by atoms with E-state index < -0.39 is 12.6 Å². The van der Waals surface area contributed by atoms with E-state index in [1.165, 1.54) is 18.0 Å². The van der Waals surface area contributed by atoms with E-state index in [1.807, 2.05) is 22.9 Å². The molecule has 0 bridgehead atoms. The second kappa shape index (κ2) is 13.0. The molecule has 0 atom stereocenters. The summed E-state index contributed by atoms with van der Waals surface area (Å²) < 4.78 is 42.4. The maximum atomic E-state index is 12.9. The molecular formula is C33H33F3N8OS. The molecule has 9 nitrogen and oxygen atoms in total. The number of benzene rings is 1. The Morgan fingerprint density at radius 2 is 2.00 bits per heavy atom. The van der Waals surface area contributed by atoms with E-state index in [0.29, 0.717) is 34.7 Å². The molecule has 1 fully saturated rings. The normalized spacial score (nSPS) is 14.5. The average molecular weight is 647 g/mol. The van der Waals surface area contributed by atoms with Gasteiger partial charge in [0.25, 0.3) is 5.91 Å². The SMILES string of the molecule is C=CC(=O)Nn1ccc(CCn2c(C#N)cc3c(C)c(CN4CCC(Nc5ncnc6sc(CC(F)(F)F)cc56)CC4)ccc32)c1. The largest absolute Gasteiger partial charge is 0.393 e. The summed E-state index contributed by atoms with van der Waals surface area (Å²) in [4.78, 5) is 23.3. The lowest BCUT2D eigenvalue weighted by atomic mass is 10.0. The zero-order chi connectivity index (χ0) is 32.4. The number of hydrogen-bond acceptors (Lipinski definition) is 7. The van der Waals surface area contributed by atoms with Gasteiger partial charge in [-0.15, -0.1) is 11.3 Å². The van der Waals surface area contributed by atoms with E-state index >= 15 is 0 Å². The minimum atomic E-state index is -4.26. The molecule has 4 aromatic heterocycles. The van der Waals surface area contributed by atoms with Crippen LogP contribution in [-0.4, -0.2) is 55.3 Å². The molecule has 0 spiro atoms. The number of carbonyl (C=O) groups excluding carboxylic acids is 1. The van der Waals surface area contributed by atoms with Crippen molar-refractivity contribution < 1.29 is 18.0 Å². The Kier molecular flexibility index (Phi) is 8.84. The summed E-state index contributed by atoms with van der Waals surface area (Å²) in [6.07, 6.45) is 3.47. The van der Waals surface area contributed by atoms with Gasteiger partial charge in [-0.1, -0.05) is 12.6 Å². The van der Waals surface area contributed by atoms with Gasteiger partial charge < -0.3 is 9.88 Å². The molecule has 1 amide bonds. The van der Waals surface area contributed by atoms with E-state index in [9.17, 15) is 23.2 Å². The fraction of sp³-hybridized carbons (Fsp3) is 0.333. The Bertz CT molecular complexity index is 1940. The number of nitriles is 1. The van der Waals surface area contributed by atoms with Crippen molar-refractivity contribution in [2.45, 2.75) is 57.9 Å².